The molecular weight excluding hydrogens is 649 g/mol. The number of carbonyl (C=O) groups excluding carboxylic acids is 2. The number of benzene rings is 4. The van der Waals surface area contributed by atoms with E-state index in [1.54, 1.807) is 94.4 Å². The van der Waals surface area contributed by atoms with Crippen LogP contribution in [0.3, 0.4) is 0 Å². The molecule has 0 aliphatic heterocycles. The van der Waals surface area contributed by atoms with Gasteiger partial charge in [0.05, 0.1) is 29.6 Å². The predicted octanol–water partition coefficient (Wildman–Crippen LogP) is 7.10. The zero-order valence-electron chi connectivity index (χ0n) is 27.9. The smallest absolute Gasteiger partial charge is 0.407 e. The summed E-state index contributed by atoms with van der Waals surface area (Å²) in [5.41, 5.74) is 2.26. The molecule has 0 radical (unpaired) electrons. The van der Waals surface area contributed by atoms with E-state index in [0.717, 1.165) is 9.65 Å². The fourth-order valence-corrected chi connectivity index (χ4v) is 6.46. The van der Waals surface area contributed by atoms with Crippen molar-refractivity contribution >= 4 is 33.0 Å². The summed E-state index contributed by atoms with van der Waals surface area (Å²) < 4.78 is 61.4. The van der Waals surface area contributed by atoms with Crippen molar-refractivity contribution in [2.75, 3.05) is 6.61 Å². The van der Waals surface area contributed by atoms with Gasteiger partial charge in [-0.3, -0.25) is 4.79 Å². The number of hydrogen-bond donors (Lipinski definition) is 1. The van der Waals surface area contributed by atoms with Crippen LogP contribution in [0, 0.1) is 12.7 Å². The summed E-state index contributed by atoms with van der Waals surface area (Å²) in [6.07, 6.45) is 0.705. The van der Waals surface area contributed by atoms with Gasteiger partial charge < -0.3 is 19.5 Å². The Morgan fingerprint density at radius 2 is 1.65 bits per heavy atom. The van der Waals surface area contributed by atoms with E-state index in [2.05, 4.69) is 10.4 Å². The first-order valence-electron chi connectivity index (χ1n) is 15.7. The van der Waals surface area contributed by atoms with Gasteiger partial charge in [-0.15, -0.1) is 0 Å². The minimum absolute atomic E-state index is 0.00516. The van der Waals surface area contributed by atoms with Crippen LogP contribution in [-0.2, 0) is 43.9 Å². The third-order valence-corrected chi connectivity index (χ3v) is 9.07. The lowest BCUT2D eigenvalue weighted by Gasteiger charge is -2.20. The summed E-state index contributed by atoms with van der Waals surface area (Å²) in [5, 5.41) is 7.23. The number of para-hydroxylation sites is 1. The lowest BCUT2D eigenvalue weighted by Crippen LogP contribution is -2.32. The Labute approximate surface area is 284 Å². The first-order chi connectivity index (χ1) is 23.3. The van der Waals surface area contributed by atoms with Crippen molar-refractivity contribution in [3.05, 3.63) is 113 Å². The highest BCUT2D eigenvalue weighted by Crippen LogP contribution is 2.35. The first kappa shape index (κ1) is 35.1. The van der Waals surface area contributed by atoms with Crippen molar-refractivity contribution < 1.29 is 36.6 Å². The van der Waals surface area contributed by atoms with Crippen LogP contribution in [0.2, 0.25) is 0 Å². The summed E-state index contributed by atoms with van der Waals surface area (Å²) in [5.74, 6) is -0.560. The average molecular weight is 688 g/mol. The molecule has 49 heavy (non-hydrogen) atoms. The number of halogens is 1. The lowest BCUT2D eigenvalue weighted by molar-refractivity contribution is -0.142. The van der Waals surface area contributed by atoms with E-state index >= 15 is 4.39 Å². The fraction of sp³-hybridized carbons (Fsp3) is 0.270. The summed E-state index contributed by atoms with van der Waals surface area (Å²) >= 11 is 0. The molecule has 1 N–H and O–H groups in total. The molecule has 0 fully saturated rings. The number of carbonyl (C=O) groups is 2. The van der Waals surface area contributed by atoms with Gasteiger partial charge in [-0.05, 0) is 76.1 Å². The lowest BCUT2D eigenvalue weighted by atomic mass is 9.97. The van der Waals surface area contributed by atoms with E-state index in [9.17, 15) is 18.0 Å². The van der Waals surface area contributed by atoms with Gasteiger partial charge in [0.2, 0.25) is 0 Å². The zero-order valence-corrected chi connectivity index (χ0v) is 28.8. The normalized spacial score (nSPS) is 11.7. The van der Waals surface area contributed by atoms with Gasteiger partial charge >= 0.3 is 12.1 Å². The number of alkyl carbamates (subject to hydrolysis) is 1. The summed E-state index contributed by atoms with van der Waals surface area (Å²) in [6, 6.07) is 21.6. The van der Waals surface area contributed by atoms with E-state index in [1.807, 2.05) is 6.92 Å². The van der Waals surface area contributed by atoms with Gasteiger partial charge in [0.25, 0.3) is 10.0 Å². The van der Waals surface area contributed by atoms with Gasteiger partial charge in [-0.25, -0.2) is 9.18 Å². The number of aromatic nitrogens is 2. The molecule has 10 nitrogen and oxygen atoms in total. The highest BCUT2D eigenvalue weighted by atomic mass is 32.2. The van der Waals surface area contributed by atoms with Gasteiger partial charge in [-0.2, -0.15) is 17.6 Å². The van der Waals surface area contributed by atoms with Crippen LogP contribution in [0.25, 0.3) is 22.0 Å². The number of ether oxygens (including phenoxy) is 3. The molecule has 0 aliphatic carbocycles. The molecule has 0 saturated heterocycles. The number of fused-ring (bicyclic) bond motifs is 1. The summed E-state index contributed by atoms with van der Waals surface area (Å²) in [4.78, 5) is 24.6. The average Bonchev–Trinajstić information content (AvgIpc) is 3.48. The number of aryl methyl sites for hydroxylation is 1. The molecule has 0 aliphatic rings. The Morgan fingerprint density at radius 1 is 0.939 bits per heavy atom. The van der Waals surface area contributed by atoms with E-state index in [1.165, 1.54) is 18.3 Å². The number of nitrogens with zero attached hydrogens (tertiary/aromatic N) is 2. The van der Waals surface area contributed by atoms with Crippen LogP contribution in [0.5, 0.6) is 5.75 Å². The third-order valence-electron chi connectivity index (χ3n) is 7.46. The number of rotatable bonds is 11. The van der Waals surface area contributed by atoms with E-state index < -0.39 is 33.5 Å². The fourth-order valence-electron chi connectivity index (χ4n) is 5.20. The molecule has 1 heterocycles. The maximum atomic E-state index is 16.2. The summed E-state index contributed by atoms with van der Waals surface area (Å²) in [6.45, 7) is 8.84. The van der Waals surface area contributed by atoms with Crippen molar-refractivity contribution in [2.45, 2.75) is 64.7 Å². The van der Waals surface area contributed by atoms with Gasteiger partial charge in [0.15, 0.2) is 0 Å². The van der Waals surface area contributed by atoms with Crippen molar-refractivity contribution in [3.63, 3.8) is 0 Å². The number of amides is 1. The van der Waals surface area contributed by atoms with Gasteiger partial charge in [0.1, 0.15) is 23.8 Å². The first-order valence-corrected chi connectivity index (χ1v) is 17.1. The highest BCUT2D eigenvalue weighted by molar-refractivity contribution is 7.90. The quantitative estimate of drug-likeness (QED) is 0.146. The van der Waals surface area contributed by atoms with Crippen LogP contribution < -0.4 is 10.1 Å². The number of esters is 1. The Kier molecular flexibility index (Phi) is 10.4. The standard InChI is InChI=1S/C37H38FN3O7S/c1-6-46-34(42)20-26-10-7-8-13-33(26)47-23-25-18-30(29-12-9-11-27(35(29)38)21-39-36(43)48-37(3,4)5)31-22-40-41(32(31)19-25)49(44,45)28-16-14-24(2)15-17-28/h7-19,22H,6,20-21,23H2,1-5H3,(H,39,43). The molecule has 1 aromatic heterocycles. The molecule has 0 spiro atoms. The molecule has 0 saturated carbocycles. The second-order valence-electron chi connectivity index (χ2n) is 12.4. The maximum Gasteiger partial charge on any atom is 0.407 e. The second kappa shape index (κ2) is 14.5. The van der Waals surface area contributed by atoms with Gasteiger partial charge in [-0.1, -0.05) is 54.1 Å². The van der Waals surface area contributed by atoms with Crippen molar-refractivity contribution in [3.8, 4) is 16.9 Å². The van der Waals surface area contributed by atoms with E-state index in [4.69, 9.17) is 14.2 Å². The molecule has 0 bridgehead atoms. The van der Waals surface area contributed by atoms with Crippen LogP contribution in [-0.4, -0.2) is 41.9 Å². The predicted molar refractivity (Wildman–Crippen MR) is 183 cm³/mol. The molecule has 12 heteroatoms. The SMILES string of the molecule is CCOC(=O)Cc1ccccc1OCc1cc(-c2cccc(CNC(=O)OC(C)(C)C)c2F)c2cnn(S(=O)(=O)c3ccc(C)cc3)c2c1. The Hall–Kier alpha value is -5.23. The number of hydrogen-bond acceptors (Lipinski definition) is 8. The molecular formula is C37H38FN3O7S. The monoisotopic (exact) mass is 687 g/mol. The van der Waals surface area contributed by atoms with Crippen molar-refractivity contribution in [1.82, 2.24) is 14.5 Å². The maximum absolute atomic E-state index is 16.2. The Morgan fingerprint density at radius 3 is 2.37 bits per heavy atom. The molecule has 0 atom stereocenters. The van der Waals surface area contributed by atoms with Crippen LogP contribution in [0.4, 0.5) is 9.18 Å². The van der Waals surface area contributed by atoms with Crippen molar-refractivity contribution in [1.29, 1.82) is 0 Å². The molecule has 4 aromatic carbocycles. The zero-order chi connectivity index (χ0) is 35.3. The van der Waals surface area contributed by atoms with Crippen molar-refractivity contribution in [2.24, 2.45) is 0 Å². The third kappa shape index (κ3) is 8.26. The molecule has 1 amide bonds. The molecule has 0 unspecified atom stereocenters. The van der Waals surface area contributed by atoms with E-state index in [-0.39, 0.29) is 47.7 Å². The Bertz CT molecular complexity index is 2100. The minimum atomic E-state index is -4.14. The number of nitrogens with one attached hydrogen (secondary N) is 1. The minimum Gasteiger partial charge on any atom is -0.489 e. The summed E-state index contributed by atoms with van der Waals surface area (Å²) in [7, 11) is -4.14. The topological polar surface area (TPSA) is 126 Å². The van der Waals surface area contributed by atoms with Crippen LogP contribution >= 0.6 is 0 Å². The molecule has 5 rings (SSSR count). The second-order valence-corrected chi connectivity index (χ2v) is 14.2. The highest BCUT2D eigenvalue weighted by Gasteiger charge is 2.24. The largest absolute Gasteiger partial charge is 0.489 e. The van der Waals surface area contributed by atoms with E-state index in [0.29, 0.717) is 27.8 Å². The Balaban J connectivity index is 1.57. The van der Waals surface area contributed by atoms with Crippen LogP contribution in [0.15, 0.2) is 90.0 Å². The molecule has 256 valence electrons. The van der Waals surface area contributed by atoms with Gasteiger partial charge in [0, 0.05) is 28.6 Å². The molecule has 5 aromatic rings. The van der Waals surface area contributed by atoms with Crippen LogP contribution in [0.1, 0.15) is 49.9 Å².